The molecule has 10 heteroatoms. The van der Waals surface area contributed by atoms with Gasteiger partial charge in [0, 0.05) is 37.9 Å². The molecular weight excluding hydrogens is 549 g/mol. The number of nitriles is 1. The van der Waals surface area contributed by atoms with E-state index >= 15 is 0 Å². The van der Waals surface area contributed by atoms with Crippen LogP contribution in [0.2, 0.25) is 10.0 Å². The Hall–Kier alpha value is -3.61. The molecule has 1 aliphatic rings. The van der Waals surface area contributed by atoms with Crippen molar-refractivity contribution in [2.45, 2.75) is 6.04 Å². The SMILES string of the molecule is CN(C(=O)CN(CC#N)c1ccc(Cl)c(Cl)c1)C(CN1CCOCC1)c1ccc(-c2ccccc2C(N)=O)cc1. The van der Waals surface area contributed by atoms with Gasteiger partial charge < -0.3 is 20.3 Å². The average Bonchev–Trinajstić information content (AvgIpc) is 2.97. The number of rotatable bonds is 10. The molecule has 1 atom stereocenters. The minimum Gasteiger partial charge on any atom is -0.379 e. The normalized spacial score (nSPS) is 14.2. The van der Waals surface area contributed by atoms with Crippen LogP contribution in [0, 0.1) is 11.3 Å². The standard InChI is InChI=1S/C30H31Cl2N5O3/c1-35(29(38)20-37(13-12-33)23-10-11-26(31)27(32)18-23)28(19-36-14-16-40-17-15-36)22-8-6-21(7-9-22)24-4-2-3-5-25(24)30(34)39/h2-11,18,28H,13-17,19-20H2,1H3,(H2,34,39). The summed E-state index contributed by atoms with van der Waals surface area (Å²) in [6, 6.07) is 22.0. The number of hydrogen-bond donors (Lipinski definition) is 1. The topological polar surface area (TPSA) is 103 Å². The van der Waals surface area contributed by atoms with Crippen molar-refractivity contribution in [2.24, 2.45) is 5.73 Å². The van der Waals surface area contributed by atoms with Crippen molar-refractivity contribution < 1.29 is 14.3 Å². The molecule has 1 heterocycles. The van der Waals surface area contributed by atoms with E-state index in [0.717, 1.165) is 29.8 Å². The molecule has 208 valence electrons. The first-order valence-corrected chi connectivity index (χ1v) is 13.7. The van der Waals surface area contributed by atoms with Crippen LogP contribution in [0.15, 0.2) is 66.7 Å². The molecule has 2 amide bonds. The monoisotopic (exact) mass is 579 g/mol. The van der Waals surface area contributed by atoms with E-state index < -0.39 is 5.91 Å². The zero-order valence-corrected chi connectivity index (χ0v) is 23.7. The molecule has 2 N–H and O–H groups in total. The number of nitrogens with zero attached hydrogens (tertiary/aromatic N) is 4. The number of primary amides is 1. The third-order valence-electron chi connectivity index (χ3n) is 7.05. The van der Waals surface area contributed by atoms with Crippen LogP contribution in [0.3, 0.4) is 0 Å². The van der Waals surface area contributed by atoms with Gasteiger partial charge in [0.05, 0.1) is 41.9 Å². The molecule has 1 unspecified atom stereocenters. The van der Waals surface area contributed by atoms with Crippen LogP contribution in [0.4, 0.5) is 5.69 Å². The maximum absolute atomic E-state index is 13.6. The fourth-order valence-electron chi connectivity index (χ4n) is 4.77. The van der Waals surface area contributed by atoms with Gasteiger partial charge in [0.25, 0.3) is 0 Å². The second kappa shape index (κ2) is 13.6. The highest BCUT2D eigenvalue weighted by Gasteiger charge is 2.27. The van der Waals surface area contributed by atoms with Gasteiger partial charge in [-0.05, 0) is 41.0 Å². The number of carbonyl (C=O) groups excluding carboxylic acids is 2. The first-order chi connectivity index (χ1) is 19.3. The van der Waals surface area contributed by atoms with Crippen molar-refractivity contribution in [1.82, 2.24) is 9.80 Å². The van der Waals surface area contributed by atoms with Crippen LogP contribution in [0.1, 0.15) is 22.0 Å². The lowest BCUT2D eigenvalue weighted by molar-refractivity contribution is -0.131. The molecule has 1 fully saturated rings. The number of morpholine rings is 1. The molecule has 1 aliphatic heterocycles. The summed E-state index contributed by atoms with van der Waals surface area (Å²) >= 11 is 12.3. The maximum Gasteiger partial charge on any atom is 0.249 e. The summed E-state index contributed by atoms with van der Waals surface area (Å²) in [6.45, 7) is 3.44. The molecule has 0 radical (unpaired) electrons. The van der Waals surface area contributed by atoms with Crippen molar-refractivity contribution in [3.63, 3.8) is 0 Å². The van der Waals surface area contributed by atoms with E-state index in [0.29, 0.717) is 41.1 Å². The summed E-state index contributed by atoms with van der Waals surface area (Å²) in [7, 11) is 1.78. The van der Waals surface area contributed by atoms with Crippen molar-refractivity contribution in [3.05, 3.63) is 87.9 Å². The number of carbonyl (C=O) groups is 2. The lowest BCUT2D eigenvalue weighted by Gasteiger charge is -2.36. The molecule has 0 saturated carbocycles. The smallest absolute Gasteiger partial charge is 0.249 e. The third-order valence-corrected chi connectivity index (χ3v) is 7.79. The Balaban J connectivity index is 1.60. The van der Waals surface area contributed by atoms with E-state index in [-0.39, 0.29) is 25.0 Å². The van der Waals surface area contributed by atoms with Crippen molar-refractivity contribution in [1.29, 1.82) is 5.26 Å². The molecule has 4 rings (SSSR count). The van der Waals surface area contributed by atoms with Gasteiger partial charge in [-0.2, -0.15) is 5.26 Å². The van der Waals surface area contributed by atoms with E-state index in [4.69, 9.17) is 33.7 Å². The largest absolute Gasteiger partial charge is 0.379 e. The molecule has 3 aromatic carbocycles. The van der Waals surface area contributed by atoms with Gasteiger partial charge in [0.1, 0.15) is 6.54 Å². The number of ether oxygens (including phenoxy) is 1. The third kappa shape index (κ3) is 7.12. The maximum atomic E-state index is 13.6. The van der Waals surface area contributed by atoms with E-state index in [1.807, 2.05) is 36.4 Å². The number of anilines is 1. The highest BCUT2D eigenvalue weighted by atomic mass is 35.5. The quantitative estimate of drug-likeness (QED) is 0.351. The van der Waals surface area contributed by atoms with Crippen molar-refractivity contribution >= 4 is 40.7 Å². The molecule has 3 aromatic rings. The predicted octanol–water partition coefficient (Wildman–Crippen LogP) is 4.62. The first kappa shape index (κ1) is 29.4. The van der Waals surface area contributed by atoms with Crippen LogP contribution in [-0.4, -0.2) is 74.6 Å². The van der Waals surface area contributed by atoms with Crippen LogP contribution in [-0.2, 0) is 9.53 Å². The number of amides is 2. The molecule has 40 heavy (non-hydrogen) atoms. The Labute approximate surface area is 244 Å². The van der Waals surface area contributed by atoms with Crippen molar-refractivity contribution in [3.8, 4) is 17.2 Å². The van der Waals surface area contributed by atoms with Crippen LogP contribution in [0.25, 0.3) is 11.1 Å². The van der Waals surface area contributed by atoms with Gasteiger partial charge in [-0.15, -0.1) is 0 Å². The summed E-state index contributed by atoms with van der Waals surface area (Å²) in [5.74, 6) is -0.637. The number of nitrogens with two attached hydrogens (primary N) is 1. The van der Waals surface area contributed by atoms with E-state index in [2.05, 4.69) is 11.0 Å². The van der Waals surface area contributed by atoms with Gasteiger partial charge in [-0.25, -0.2) is 0 Å². The molecule has 0 aromatic heterocycles. The van der Waals surface area contributed by atoms with Crippen LogP contribution >= 0.6 is 23.2 Å². The van der Waals surface area contributed by atoms with Gasteiger partial charge in [0.2, 0.25) is 11.8 Å². The van der Waals surface area contributed by atoms with Crippen molar-refractivity contribution in [2.75, 3.05) is 57.9 Å². The van der Waals surface area contributed by atoms with Gasteiger partial charge >= 0.3 is 0 Å². The molecular formula is C30H31Cl2N5O3. The van der Waals surface area contributed by atoms with Gasteiger partial charge in [-0.1, -0.05) is 65.7 Å². The van der Waals surface area contributed by atoms with Gasteiger partial charge in [-0.3, -0.25) is 14.5 Å². The Morgan fingerprint density at radius 3 is 2.40 bits per heavy atom. The second-order valence-electron chi connectivity index (χ2n) is 9.58. The Morgan fingerprint density at radius 1 is 1.05 bits per heavy atom. The van der Waals surface area contributed by atoms with E-state index in [9.17, 15) is 14.9 Å². The zero-order chi connectivity index (χ0) is 28.6. The molecule has 0 spiro atoms. The average molecular weight is 581 g/mol. The number of hydrogen-bond acceptors (Lipinski definition) is 6. The Kier molecular flexibility index (Phi) is 10.0. The molecule has 8 nitrogen and oxygen atoms in total. The highest BCUT2D eigenvalue weighted by molar-refractivity contribution is 6.42. The van der Waals surface area contributed by atoms with E-state index in [1.54, 1.807) is 47.2 Å². The van der Waals surface area contributed by atoms with Gasteiger partial charge in [0.15, 0.2) is 0 Å². The highest BCUT2D eigenvalue weighted by Crippen LogP contribution is 2.30. The fourth-order valence-corrected chi connectivity index (χ4v) is 5.06. The zero-order valence-electron chi connectivity index (χ0n) is 22.2. The number of benzene rings is 3. The fraction of sp³-hybridized carbons (Fsp3) is 0.300. The van der Waals surface area contributed by atoms with Crippen LogP contribution in [0.5, 0.6) is 0 Å². The first-order valence-electron chi connectivity index (χ1n) is 12.9. The lowest BCUT2D eigenvalue weighted by atomic mass is 9.96. The Morgan fingerprint density at radius 2 is 1.75 bits per heavy atom. The lowest BCUT2D eigenvalue weighted by Crippen LogP contribution is -2.46. The Bertz CT molecular complexity index is 1390. The minimum absolute atomic E-state index is 0.00823. The van der Waals surface area contributed by atoms with E-state index in [1.165, 1.54) is 0 Å². The summed E-state index contributed by atoms with van der Waals surface area (Å²) < 4.78 is 5.52. The molecule has 0 aliphatic carbocycles. The summed E-state index contributed by atoms with van der Waals surface area (Å²) in [4.78, 5) is 31.3. The number of halogens is 2. The minimum atomic E-state index is -0.487. The number of likely N-dealkylation sites (N-methyl/N-ethyl adjacent to an activating group) is 1. The molecule has 0 bridgehead atoms. The second-order valence-corrected chi connectivity index (χ2v) is 10.4. The molecule has 1 saturated heterocycles. The summed E-state index contributed by atoms with van der Waals surface area (Å²) in [5.41, 5.74) is 9.24. The summed E-state index contributed by atoms with van der Waals surface area (Å²) in [6.07, 6.45) is 0. The van der Waals surface area contributed by atoms with Crippen LogP contribution < -0.4 is 10.6 Å². The summed E-state index contributed by atoms with van der Waals surface area (Å²) in [5, 5.41) is 10.2. The predicted molar refractivity (Wildman–Crippen MR) is 157 cm³/mol.